The molecule has 1 amide bonds. The van der Waals surface area contributed by atoms with Gasteiger partial charge < -0.3 is 4.90 Å². The summed E-state index contributed by atoms with van der Waals surface area (Å²) in [7, 11) is 0. The van der Waals surface area contributed by atoms with E-state index in [0.29, 0.717) is 12.5 Å². The van der Waals surface area contributed by atoms with Crippen molar-refractivity contribution in [2.45, 2.75) is 38.6 Å². The van der Waals surface area contributed by atoms with Crippen LogP contribution < -0.4 is 0 Å². The summed E-state index contributed by atoms with van der Waals surface area (Å²) in [5.74, 6) is -0.347. The lowest BCUT2D eigenvalue weighted by Crippen LogP contribution is -2.54. The molecule has 1 aliphatic heterocycles. The molecule has 4 heteroatoms. The van der Waals surface area contributed by atoms with Gasteiger partial charge in [0.2, 0.25) is 0 Å². The van der Waals surface area contributed by atoms with Crippen LogP contribution in [0.15, 0.2) is 24.3 Å². The first kappa shape index (κ1) is 13.8. The van der Waals surface area contributed by atoms with Crippen molar-refractivity contribution >= 4 is 5.91 Å². The van der Waals surface area contributed by atoms with Crippen LogP contribution in [0, 0.1) is 33.9 Å². The molecule has 1 aromatic carbocycles. The van der Waals surface area contributed by atoms with E-state index in [4.69, 9.17) is 0 Å². The Morgan fingerprint density at radius 2 is 2.14 bits per heavy atom. The van der Waals surface area contributed by atoms with Crippen molar-refractivity contribution < 1.29 is 9.18 Å². The first-order valence-corrected chi connectivity index (χ1v) is 7.87. The second-order valence-electron chi connectivity index (χ2n) is 7.53. The molecule has 0 spiro atoms. The Bertz CT molecular complexity index is 726. The van der Waals surface area contributed by atoms with Gasteiger partial charge in [-0.1, -0.05) is 26.0 Å². The van der Waals surface area contributed by atoms with Crippen molar-refractivity contribution in [2.75, 3.05) is 6.54 Å². The lowest BCUT2D eigenvalue weighted by Gasteiger charge is -2.43. The van der Waals surface area contributed by atoms with Crippen LogP contribution in [0.4, 0.5) is 4.39 Å². The number of halogens is 1. The van der Waals surface area contributed by atoms with E-state index in [2.05, 4.69) is 19.9 Å². The van der Waals surface area contributed by atoms with Crippen LogP contribution in [-0.2, 0) is 0 Å². The normalized spacial score (nSPS) is 41.7. The maximum Gasteiger partial charge on any atom is 0.258 e. The van der Waals surface area contributed by atoms with Crippen LogP contribution in [0.25, 0.3) is 0 Å². The second-order valence-corrected chi connectivity index (χ2v) is 7.53. The summed E-state index contributed by atoms with van der Waals surface area (Å²) in [5.41, 5.74) is -0.902. The first-order chi connectivity index (χ1) is 10.4. The number of nitrogens with zero attached hydrogens (tertiary/aromatic N) is 2. The Morgan fingerprint density at radius 3 is 2.77 bits per heavy atom. The van der Waals surface area contributed by atoms with Crippen molar-refractivity contribution in [3.63, 3.8) is 0 Å². The van der Waals surface area contributed by atoms with Gasteiger partial charge in [-0.25, -0.2) is 4.39 Å². The number of carbonyl (C=O) groups excluding carboxylic acids is 1. The third-order valence-corrected chi connectivity index (χ3v) is 7.09. The minimum atomic E-state index is -0.774. The lowest BCUT2D eigenvalue weighted by atomic mass is 9.66. The maximum absolute atomic E-state index is 14.0. The molecule has 4 bridgehead atoms. The van der Waals surface area contributed by atoms with E-state index in [1.54, 1.807) is 17.0 Å². The van der Waals surface area contributed by atoms with Crippen molar-refractivity contribution in [1.29, 1.82) is 5.26 Å². The summed E-state index contributed by atoms with van der Waals surface area (Å²) in [4.78, 5) is 14.6. The van der Waals surface area contributed by atoms with Crippen molar-refractivity contribution in [3.05, 3.63) is 35.6 Å². The number of hydrogen-bond acceptors (Lipinski definition) is 2. The monoisotopic (exact) mass is 298 g/mol. The summed E-state index contributed by atoms with van der Waals surface area (Å²) in [6.45, 7) is 4.92. The van der Waals surface area contributed by atoms with Crippen molar-refractivity contribution in [3.8, 4) is 6.07 Å². The van der Waals surface area contributed by atoms with Gasteiger partial charge in [-0.3, -0.25) is 4.79 Å². The summed E-state index contributed by atoms with van der Waals surface area (Å²) < 4.78 is 14.0. The van der Waals surface area contributed by atoms with Crippen LogP contribution >= 0.6 is 0 Å². The SMILES string of the molecule is CC12CN(C(=O)c3ccccc3F)C3(C#N)CC1CCC23C. The van der Waals surface area contributed by atoms with E-state index in [9.17, 15) is 14.4 Å². The number of hydrogen-bond donors (Lipinski definition) is 0. The predicted molar refractivity (Wildman–Crippen MR) is 79.3 cm³/mol. The Balaban J connectivity index is 1.82. The molecule has 3 fully saturated rings. The fourth-order valence-corrected chi connectivity index (χ4v) is 5.54. The van der Waals surface area contributed by atoms with Crippen LogP contribution in [-0.4, -0.2) is 22.9 Å². The average Bonchev–Trinajstić information content (AvgIpc) is 2.96. The average molecular weight is 298 g/mol. The second kappa shape index (κ2) is 3.90. The predicted octanol–water partition coefficient (Wildman–Crippen LogP) is 3.37. The van der Waals surface area contributed by atoms with Crippen LogP contribution in [0.3, 0.4) is 0 Å². The Morgan fingerprint density at radius 1 is 1.41 bits per heavy atom. The maximum atomic E-state index is 14.0. The van der Waals surface area contributed by atoms with Crippen molar-refractivity contribution in [2.24, 2.45) is 16.7 Å². The fraction of sp³-hybridized carbons (Fsp3) is 0.556. The summed E-state index contributed by atoms with van der Waals surface area (Å²) >= 11 is 0. The van der Waals surface area contributed by atoms with Gasteiger partial charge >= 0.3 is 0 Å². The van der Waals surface area contributed by atoms with Gasteiger partial charge in [-0.15, -0.1) is 0 Å². The third kappa shape index (κ3) is 1.21. The molecule has 0 radical (unpaired) electrons. The molecule has 3 nitrogen and oxygen atoms in total. The lowest BCUT2D eigenvalue weighted by molar-refractivity contribution is 0.0425. The summed E-state index contributed by atoms with van der Waals surface area (Å²) in [5, 5.41) is 9.94. The number of carbonyl (C=O) groups is 1. The number of likely N-dealkylation sites (tertiary alicyclic amines) is 1. The zero-order valence-corrected chi connectivity index (χ0v) is 12.9. The minimum absolute atomic E-state index is 0.0242. The molecule has 2 saturated carbocycles. The molecular formula is C18H19FN2O. The number of amides is 1. The van der Waals surface area contributed by atoms with E-state index in [1.807, 2.05) is 0 Å². The smallest absolute Gasteiger partial charge is 0.258 e. The molecule has 1 saturated heterocycles. The Labute approximate surface area is 129 Å². The Hall–Kier alpha value is -1.89. The molecular weight excluding hydrogens is 279 g/mol. The number of rotatable bonds is 1. The highest BCUT2D eigenvalue weighted by molar-refractivity contribution is 5.96. The third-order valence-electron chi connectivity index (χ3n) is 7.09. The summed E-state index contributed by atoms with van der Waals surface area (Å²) in [6.07, 6.45) is 2.84. The van der Waals surface area contributed by atoms with Gasteiger partial charge in [0.1, 0.15) is 11.4 Å². The minimum Gasteiger partial charge on any atom is -0.319 e. The molecule has 4 unspecified atom stereocenters. The molecule has 0 N–H and O–H groups in total. The largest absolute Gasteiger partial charge is 0.319 e. The molecule has 114 valence electrons. The van der Waals surface area contributed by atoms with Gasteiger partial charge in [0, 0.05) is 12.0 Å². The van der Waals surface area contributed by atoms with E-state index >= 15 is 0 Å². The Kier molecular flexibility index (Phi) is 2.44. The molecule has 1 heterocycles. The van der Waals surface area contributed by atoms with Gasteiger partial charge in [0.15, 0.2) is 0 Å². The standard InChI is InChI=1S/C18H19FN2O/c1-16-11-21(15(22)13-5-3-4-6-14(13)19)18(10-20)9-12(16)7-8-17(16,18)2/h3-6,12H,7-9,11H2,1-2H3. The van der Waals surface area contributed by atoms with E-state index in [-0.39, 0.29) is 22.3 Å². The van der Waals surface area contributed by atoms with E-state index in [0.717, 1.165) is 19.3 Å². The summed E-state index contributed by atoms with van der Waals surface area (Å²) in [6, 6.07) is 8.52. The fourth-order valence-electron chi connectivity index (χ4n) is 5.54. The highest BCUT2D eigenvalue weighted by atomic mass is 19.1. The van der Waals surface area contributed by atoms with Gasteiger partial charge in [0.05, 0.1) is 11.6 Å². The topological polar surface area (TPSA) is 44.1 Å². The van der Waals surface area contributed by atoms with E-state index < -0.39 is 11.4 Å². The highest BCUT2D eigenvalue weighted by Gasteiger charge is 2.78. The van der Waals surface area contributed by atoms with Crippen molar-refractivity contribution in [1.82, 2.24) is 4.90 Å². The molecule has 4 rings (SSSR count). The van der Waals surface area contributed by atoms with E-state index in [1.165, 1.54) is 12.1 Å². The highest BCUT2D eigenvalue weighted by Crippen LogP contribution is 2.75. The zero-order valence-electron chi connectivity index (χ0n) is 12.9. The molecule has 22 heavy (non-hydrogen) atoms. The van der Waals surface area contributed by atoms with Gasteiger partial charge in [0.25, 0.3) is 5.91 Å². The number of nitriles is 1. The van der Waals surface area contributed by atoms with Crippen LogP contribution in [0.5, 0.6) is 0 Å². The first-order valence-electron chi connectivity index (χ1n) is 7.87. The van der Waals surface area contributed by atoms with Crippen LogP contribution in [0.2, 0.25) is 0 Å². The van der Waals surface area contributed by atoms with Gasteiger partial charge in [-0.05, 0) is 42.7 Å². The van der Waals surface area contributed by atoms with Crippen LogP contribution in [0.1, 0.15) is 43.5 Å². The molecule has 1 aromatic rings. The zero-order chi connectivity index (χ0) is 15.8. The number of benzene rings is 1. The molecule has 4 atom stereocenters. The quantitative estimate of drug-likeness (QED) is 0.798. The molecule has 0 aromatic heterocycles. The van der Waals surface area contributed by atoms with Gasteiger partial charge in [-0.2, -0.15) is 5.26 Å². The molecule has 3 aliphatic rings. The number of piperidine rings is 1. The molecule has 2 aliphatic carbocycles.